The predicted octanol–water partition coefficient (Wildman–Crippen LogP) is 4.33. The maximum Gasteiger partial charge on any atom is 0.276 e. The van der Waals surface area contributed by atoms with E-state index in [1.54, 1.807) is 10.8 Å². The van der Waals surface area contributed by atoms with E-state index in [9.17, 15) is 4.79 Å². The first-order valence-electron chi connectivity index (χ1n) is 8.50. The molecule has 3 heterocycles. The van der Waals surface area contributed by atoms with Gasteiger partial charge in [0.2, 0.25) is 0 Å². The van der Waals surface area contributed by atoms with E-state index in [4.69, 9.17) is 4.98 Å². The van der Waals surface area contributed by atoms with Gasteiger partial charge in [-0.25, -0.2) is 9.97 Å². The Morgan fingerprint density at radius 1 is 1.40 bits per heavy atom. The summed E-state index contributed by atoms with van der Waals surface area (Å²) in [7, 11) is 0. The fourth-order valence-corrected chi connectivity index (χ4v) is 4.10. The number of nitrogens with zero attached hydrogens (tertiary/aromatic N) is 3. The normalized spacial score (nSPS) is 15.6. The zero-order valence-electron chi connectivity index (χ0n) is 14.5. The van der Waals surface area contributed by atoms with Gasteiger partial charge in [-0.1, -0.05) is 12.2 Å². The van der Waals surface area contributed by atoms with Crippen molar-refractivity contribution in [2.24, 2.45) is 0 Å². The standard InChI is InChI=1S/C19H20N4OS/c1-4-6-13(5-2)23-11(3)21-16-15-14(22-12-7-8-12)9-10-20-18(15)25-17(16)19(23)24/h4-6,9-10,12H,7-8H2,1-3H3,(H,20,22)/b6-4-,13-5+. The van der Waals surface area contributed by atoms with Gasteiger partial charge in [0, 0.05) is 23.6 Å². The summed E-state index contributed by atoms with van der Waals surface area (Å²) in [5.41, 5.74) is 2.59. The maximum absolute atomic E-state index is 13.2. The Balaban J connectivity index is 2.02. The molecule has 128 valence electrons. The second-order valence-electron chi connectivity index (χ2n) is 6.25. The van der Waals surface area contributed by atoms with Crippen LogP contribution in [0.2, 0.25) is 0 Å². The summed E-state index contributed by atoms with van der Waals surface area (Å²) in [5, 5.41) is 4.51. The Morgan fingerprint density at radius 3 is 2.88 bits per heavy atom. The molecule has 5 nitrogen and oxygen atoms in total. The molecule has 0 aliphatic heterocycles. The van der Waals surface area contributed by atoms with Crippen LogP contribution < -0.4 is 10.9 Å². The number of aromatic nitrogens is 3. The lowest BCUT2D eigenvalue weighted by molar-refractivity contribution is 0.923. The SMILES string of the molecule is C/C=C\C(=C/C)n1c(C)nc2c(sc3nccc(NC4CC4)c32)c1=O. The third kappa shape index (κ3) is 2.66. The van der Waals surface area contributed by atoms with E-state index in [0.717, 1.165) is 27.1 Å². The zero-order valence-corrected chi connectivity index (χ0v) is 15.4. The largest absolute Gasteiger partial charge is 0.382 e. The molecule has 1 fully saturated rings. The molecule has 1 saturated carbocycles. The summed E-state index contributed by atoms with van der Waals surface area (Å²) < 4.78 is 2.33. The molecule has 6 heteroatoms. The molecule has 0 radical (unpaired) electrons. The number of pyridine rings is 1. The van der Waals surface area contributed by atoms with Crippen LogP contribution in [-0.2, 0) is 0 Å². The van der Waals surface area contributed by atoms with Crippen molar-refractivity contribution in [3.63, 3.8) is 0 Å². The smallest absolute Gasteiger partial charge is 0.276 e. The number of hydrogen-bond acceptors (Lipinski definition) is 5. The number of thiophene rings is 1. The lowest BCUT2D eigenvalue weighted by atomic mass is 10.2. The van der Waals surface area contributed by atoms with Gasteiger partial charge in [0.15, 0.2) is 0 Å². The minimum atomic E-state index is -0.0333. The summed E-state index contributed by atoms with van der Waals surface area (Å²) in [6.07, 6.45) is 9.96. The number of hydrogen-bond donors (Lipinski definition) is 1. The zero-order chi connectivity index (χ0) is 17.6. The van der Waals surface area contributed by atoms with E-state index in [1.807, 2.05) is 45.1 Å². The summed E-state index contributed by atoms with van der Waals surface area (Å²) in [5.74, 6) is 0.685. The summed E-state index contributed by atoms with van der Waals surface area (Å²) in [6, 6.07) is 2.51. The Bertz CT molecular complexity index is 1090. The average molecular weight is 352 g/mol. The number of anilines is 1. The minimum Gasteiger partial charge on any atom is -0.382 e. The number of nitrogens with one attached hydrogen (secondary N) is 1. The first kappa shape index (κ1) is 16.0. The quantitative estimate of drug-likeness (QED) is 0.710. The molecule has 0 aromatic carbocycles. The average Bonchev–Trinajstić information content (AvgIpc) is 3.33. The van der Waals surface area contributed by atoms with E-state index >= 15 is 0 Å². The Kier molecular flexibility index (Phi) is 3.92. The van der Waals surface area contributed by atoms with E-state index in [2.05, 4.69) is 10.3 Å². The van der Waals surface area contributed by atoms with Gasteiger partial charge in [-0.3, -0.25) is 9.36 Å². The van der Waals surface area contributed by atoms with Gasteiger partial charge in [0.1, 0.15) is 20.9 Å². The van der Waals surface area contributed by atoms with Crippen LogP contribution in [0, 0.1) is 6.92 Å². The first-order valence-corrected chi connectivity index (χ1v) is 9.32. The molecule has 0 spiro atoms. The molecule has 0 saturated heterocycles. The van der Waals surface area contributed by atoms with Crippen molar-refractivity contribution < 1.29 is 0 Å². The van der Waals surface area contributed by atoms with E-state index in [0.29, 0.717) is 16.6 Å². The number of allylic oxidation sites excluding steroid dienone is 4. The molecule has 0 amide bonds. The second kappa shape index (κ2) is 6.11. The van der Waals surface area contributed by atoms with Crippen LogP contribution in [0.4, 0.5) is 5.69 Å². The highest BCUT2D eigenvalue weighted by Crippen LogP contribution is 2.36. The van der Waals surface area contributed by atoms with Crippen LogP contribution in [0.3, 0.4) is 0 Å². The number of fused-ring (bicyclic) bond motifs is 3. The Morgan fingerprint density at radius 2 is 2.20 bits per heavy atom. The van der Waals surface area contributed by atoms with Crippen molar-refractivity contribution in [2.45, 2.75) is 39.7 Å². The molecule has 1 N–H and O–H groups in total. The molecule has 4 rings (SSSR count). The van der Waals surface area contributed by atoms with Crippen LogP contribution in [0.1, 0.15) is 32.5 Å². The minimum absolute atomic E-state index is 0.0333. The molecular formula is C19H20N4OS. The van der Waals surface area contributed by atoms with Crippen molar-refractivity contribution in [1.29, 1.82) is 0 Å². The summed E-state index contributed by atoms with van der Waals surface area (Å²) >= 11 is 1.42. The third-order valence-corrected chi connectivity index (χ3v) is 5.46. The van der Waals surface area contributed by atoms with E-state index < -0.39 is 0 Å². The molecule has 1 aliphatic carbocycles. The van der Waals surface area contributed by atoms with Crippen LogP contribution in [0.5, 0.6) is 0 Å². The molecule has 25 heavy (non-hydrogen) atoms. The van der Waals surface area contributed by atoms with Crippen LogP contribution in [-0.4, -0.2) is 20.6 Å². The van der Waals surface area contributed by atoms with Crippen molar-refractivity contribution in [2.75, 3.05) is 5.32 Å². The van der Waals surface area contributed by atoms with Gasteiger partial charge in [-0.15, -0.1) is 11.3 Å². The summed E-state index contributed by atoms with van der Waals surface area (Å²) in [6.45, 7) is 5.74. The molecule has 0 bridgehead atoms. The van der Waals surface area contributed by atoms with Crippen molar-refractivity contribution >= 4 is 43.2 Å². The van der Waals surface area contributed by atoms with Crippen molar-refractivity contribution in [3.05, 3.63) is 46.7 Å². The topological polar surface area (TPSA) is 59.8 Å². The fourth-order valence-electron chi connectivity index (χ4n) is 3.06. The Labute approximate surface area is 149 Å². The van der Waals surface area contributed by atoms with Crippen molar-refractivity contribution in [1.82, 2.24) is 14.5 Å². The molecule has 3 aromatic rings. The highest BCUT2D eigenvalue weighted by molar-refractivity contribution is 7.25. The van der Waals surface area contributed by atoms with Gasteiger partial charge >= 0.3 is 0 Å². The molecule has 3 aromatic heterocycles. The van der Waals surface area contributed by atoms with Gasteiger partial charge in [0.25, 0.3) is 5.56 Å². The van der Waals surface area contributed by atoms with E-state index in [-0.39, 0.29) is 5.56 Å². The third-order valence-electron chi connectivity index (χ3n) is 4.39. The number of rotatable bonds is 4. The van der Waals surface area contributed by atoms with Gasteiger partial charge < -0.3 is 5.32 Å². The highest BCUT2D eigenvalue weighted by Gasteiger charge is 2.24. The Hall–Kier alpha value is -2.47. The molecular weight excluding hydrogens is 332 g/mol. The van der Waals surface area contributed by atoms with Gasteiger partial charge in [0.05, 0.1) is 5.39 Å². The molecule has 0 atom stereocenters. The molecule has 1 aliphatic rings. The fraction of sp³-hybridized carbons (Fsp3) is 0.316. The van der Waals surface area contributed by atoms with Gasteiger partial charge in [-0.05, 0) is 45.8 Å². The number of aryl methyl sites for hydroxylation is 1. The van der Waals surface area contributed by atoms with Crippen LogP contribution >= 0.6 is 11.3 Å². The lowest BCUT2D eigenvalue weighted by Crippen LogP contribution is -2.21. The second-order valence-corrected chi connectivity index (χ2v) is 7.25. The monoisotopic (exact) mass is 352 g/mol. The first-order chi connectivity index (χ1) is 12.1. The lowest BCUT2D eigenvalue weighted by Gasteiger charge is -2.10. The van der Waals surface area contributed by atoms with Crippen molar-refractivity contribution in [3.8, 4) is 0 Å². The summed E-state index contributed by atoms with van der Waals surface area (Å²) in [4.78, 5) is 23.3. The predicted molar refractivity (Wildman–Crippen MR) is 105 cm³/mol. The van der Waals surface area contributed by atoms with Crippen LogP contribution in [0.25, 0.3) is 26.1 Å². The van der Waals surface area contributed by atoms with Gasteiger partial charge in [-0.2, -0.15) is 0 Å². The highest BCUT2D eigenvalue weighted by atomic mass is 32.1. The van der Waals surface area contributed by atoms with Crippen LogP contribution in [0.15, 0.2) is 35.3 Å². The van der Waals surface area contributed by atoms with E-state index in [1.165, 1.54) is 24.2 Å². The molecule has 0 unspecified atom stereocenters. The maximum atomic E-state index is 13.2.